The summed E-state index contributed by atoms with van der Waals surface area (Å²) >= 11 is 0. The van der Waals surface area contributed by atoms with Crippen LogP contribution in [-0.4, -0.2) is 22.0 Å². The van der Waals surface area contributed by atoms with Crippen molar-refractivity contribution in [1.82, 2.24) is 15.3 Å². The van der Waals surface area contributed by atoms with E-state index in [1.807, 2.05) is 74.5 Å². The predicted octanol–water partition coefficient (Wildman–Crippen LogP) is 4.67. The first kappa shape index (κ1) is 19.6. The van der Waals surface area contributed by atoms with Crippen molar-refractivity contribution >= 4 is 16.9 Å². The summed E-state index contributed by atoms with van der Waals surface area (Å²) in [6, 6.07) is 19.0. The summed E-state index contributed by atoms with van der Waals surface area (Å²) in [6.07, 6.45) is 1.74. The Kier molecular flexibility index (Phi) is 5.75. The maximum absolute atomic E-state index is 12.5. The molecule has 1 amide bonds. The number of carbonyl (C=O) groups excluding carboxylic acids is 1. The number of aromatic nitrogens is 2. The Morgan fingerprint density at radius 3 is 2.53 bits per heavy atom. The van der Waals surface area contributed by atoms with Crippen LogP contribution in [0, 0.1) is 6.92 Å². The number of ether oxygens (including phenoxy) is 1. The van der Waals surface area contributed by atoms with Gasteiger partial charge in [-0.2, -0.15) is 0 Å². The number of nitrogens with zero attached hydrogens (tertiary/aromatic N) is 2. The van der Waals surface area contributed by atoms with Crippen LogP contribution in [0.2, 0.25) is 0 Å². The first-order valence-corrected chi connectivity index (χ1v) is 9.94. The van der Waals surface area contributed by atoms with Gasteiger partial charge in [0.25, 0.3) is 5.91 Å². The summed E-state index contributed by atoms with van der Waals surface area (Å²) < 4.78 is 11.4. The number of hydrogen-bond donors (Lipinski definition) is 1. The van der Waals surface area contributed by atoms with Crippen molar-refractivity contribution in [3.05, 3.63) is 78.4 Å². The van der Waals surface area contributed by atoms with Crippen LogP contribution in [0.25, 0.3) is 22.3 Å². The number of rotatable bonds is 7. The van der Waals surface area contributed by atoms with Gasteiger partial charge in [0.1, 0.15) is 17.3 Å². The molecule has 0 aliphatic heterocycles. The number of furan rings is 1. The maximum Gasteiger partial charge on any atom is 0.261 e. The molecule has 0 saturated heterocycles. The molecule has 0 unspecified atom stereocenters. The molecule has 6 heteroatoms. The van der Waals surface area contributed by atoms with E-state index < -0.39 is 6.10 Å². The quantitative estimate of drug-likeness (QED) is 0.487. The first-order valence-electron chi connectivity index (χ1n) is 9.94. The van der Waals surface area contributed by atoms with E-state index in [-0.39, 0.29) is 5.91 Å². The third kappa shape index (κ3) is 4.49. The number of para-hydroxylation sites is 2. The van der Waals surface area contributed by atoms with Gasteiger partial charge in [0.05, 0.1) is 29.5 Å². The fraction of sp³-hybridized carbons (Fsp3) is 0.208. The fourth-order valence-corrected chi connectivity index (χ4v) is 3.16. The molecule has 1 N–H and O–H groups in total. The number of benzene rings is 2. The number of carbonyl (C=O) groups is 1. The van der Waals surface area contributed by atoms with E-state index in [9.17, 15) is 4.79 Å². The Bertz CT molecular complexity index is 1150. The molecule has 0 saturated carbocycles. The molecular weight excluding hydrogens is 378 g/mol. The van der Waals surface area contributed by atoms with Crippen LogP contribution in [-0.2, 0) is 11.3 Å². The van der Waals surface area contributed by atoms with Crippen molar-refractivity contribution in [2.45, 2.75) is 32.9 Å². The average molecular weight is 401 g/mol. The van der Waals surface area contributed by atoms with E-state index in [1.165, 1.54) is 0 Å². The van der Waals surface area contributed by atoms with Crippen LogP contribution < -0.4 is 10.1 Å². The largest absolute Gasteiger partial charge is 0.481 e. The van der Waals surface area contributed by atoms with E-state index in [0.29, 0.717) is 18.7 Å². The molecule has 0 radical (unpaired) electrons. The van der Waals surface area contributed by atoms with Gasteiger partial charge in [-0.05, 0) is 61.9 Å². The minimum Gasteiger partial charge on any atom is -0.481 e. The Hall–Kier alpha value is -3.67. The lowest BCUT2D eigenvalue weighted by molar-refractivity contribution is -0.128. The van der Waals surface area contributed by atoms with Gasteiger partial charge in [0.2, 0.25) is 0 Å². The number of fused-ring (bicyclic) bond motifs is 1. The molecule has 6 nitrogen and oxygen atoms in total. The van der Waals surface area contributed by atoms with Crippen molar-refractivity contribution in [3.63, 3.8) is 0 Å². The Balaban J connectivity index is 1.41. The zero-order valence-corrected chi connectivity index (χ0v) is 17.0. The van der Waals surface area contributed by atoms with E-state index in [2.05, 4.69) is 15.3 Å². The summed E-state index contributed by atoms with van der Waals surface area (Å²) in [6.45, 7) is 4.13. The number of hydrogen-bond acceptors (Lipinski definition) is 5. The normalized spacial score (nSPS) is 11.9. The molecule has 0 bridgehead atoms. The standard InChI is InChI=1S/C24H23N3O3/c1-3-23(24(28)26-14-19-11-8-16(2)29-19)30-18-12-9-17(10-13-18)22-15-25-20-6-4-5-7-21(20)27-22/h4-13,15,23H,3,14H2,1-2H3,(H,26,28)/t23-/m1/s1. The highest BCUT2D eigenvalue weighted by Gasteiger charge is 2.18. The molecule has 2 heterocycles. The van der Waals surface area contributed by atoms with E-state index in [4.69, 9.17) is 9.15 Å². The third-order valence-corrected chi connectivity index (χ3v) is 4.77. The molecule has 4 rings (SSSR count). The average Bonchev–Trinajstić information content (AvgIpc) is 3.21. The van der Waals surface area contributed by atoms with Gasteiger partial charge < -0.3 is 14.5 Å². The fourth-order valence-electron chi connectivity index (χ4n) is 3.16. The lowest BCUT2D eigenvalue weighted by atomic mass is 10.1. The number of aryl methyl sites for hydroxylation is 1. The van der Waals surface area contributed by atoms with Crippen molar-refractivity contribution in [3.8, 4) is 17.0 Å². The topological polar surface area (TPSA) is 77.2 Å². The van der Waals surface area contributed by atoms with Crippen LogP contribution in [0.15, 0.2) is 71.3 Å². The minimum atomic E-state index is -0.577. The van der Waals surface area contributed by atoms with E-state index in [1.54, 1.807) is 6.20 Å². The first-order chi connectivity index (χ1) is 14.6. The van der Waals surface area contributed by atoms with E-state index in [0.717, 1.165) is 33.8 Å². The molecule has 0 aliphatic carbocycles. The molecule has 2 aromatic heterocycles. The van der Waals surface area contributed by atoms with Gasteiger partial charge in [-0.15, -0.1) is 0 Å². The van der Waals surface area contributed by atoms with Gasteiger partial charge in [0, 0.05) is 5.56 Å². The second kappa shape index (κ2) is 8.78. The van der Waals surface area contributed by atoms with E-state index >= 15 is 0 Å². The zero-order chi connectivity index (χ0) is 20.9. The highest BCUT2D eigenvalue weighted by molar-refractivity contribution is 5.81. The maximum atomic E-state index is 12.5. The van der Waals surface area contributed by atoms with Crippen LogP contribution in [0.1, 0.15) is 24.9 Å². The molecule has 4 aromatic rings. The highest BCUT2D eigenvalue weighted by atomic mass is 16.5. The molecule has 0 fully saturated rings. The Labute approximate surface area is 174 Å². The number of nitrogens with one attached hydrogen (secondary N) is 1. The van der Waals surface area contributed by atoms with Gasteiger partial charge in [0.15, 0.2) is 6.10 Å². The second-order valence-electron chi connectivity index (χ2n) is 7.01. The summed E-state index contributed by atoms with van der Waals surface area (Å²) in [5, 5.41) is 2.86. The van der Waals surface area contributed by atoms with Crippen LogP contribution >= 0.6 is 0 Å². The van der Waals surface area contributed by atoms with Crippen molar-refractivity contribution in [2.75, 3.05) is 0 Å². The highest BCUT2D eigenvalue weighted by Crippen LogP contribution is 2.23. The van der Waals surface area contributed by atoms with Crippen LogP contribution in [0.3, 0.4) is 0 Å². The molecule has 1 atom stereocenters. The minimum absolute atomic E-state index is 0.170. The summed E-state index contributed by atoms with van der Waals surface area (Å²) in [5.74, 6) is 2.00. The summed E-state index contributed by atoms with van der Waals surface area (Å²) in [4.78, 5) is 21.6. The Morgan fingerprint density at radius 2 is 1.83 bits per heavy atom. The lowest BCUT2D eigenvalue weighted by Gasteiger charge is -2.17. The molecule has 2 aromatic carbocycles. The van der Waals surface area contributed by atoms with Gasteiger partial charge >= 0.3 is 0 Å². The predicted molar refractivity (Wildman–Crippen MR) is 115 cm³/mol. The van der Waals surface area contributed by atoms with Gasteiger partial charge in [-0.3, -0.25) is 9.78 Å². The molecule has 152 valence electrons. The smallest absolute Gasteiger partial charge is 0.261 e. The molecule has 0 aliphatic rings. The third-order valence-electron chi connectivity index (χ3n) is 4.77. The summed E-state index contributed by atoms with van der Waals surface area (Å²) in [7, 11) is 0. The van der Waals surface area contributed by atoms with Crippen LogP contribution in [0.5, 0.6) is 5.75 Å². The monoisotopic (exact) mass is 401 g/mol. The van der Waals surface area contributed by atoms with Gasteiger partial charge in [-0.25, -0.2) is 4.98 Å². The van der Waals surface area contributed by atoms with Crippen LogP contribution in [0.4, 0.5) is 0 Å². The van der Waals surface area contributed by atoms with Crippen molar-refractivity contribution < 1.29 is 13.9 Å². The Morgan fingerprint density at radius 1 is 1.07 bits per heavy atom. The van der Waals surface area contributed by atoms with Crippen molar-refractivity contribution in [2.24, 2.45) is 0 Å². The molecule has 30 heavy (non-hydrogen) atoms. The SMILES string of the molecule is CC[C@@H](Oc1ccc(-c2cnc3ccccc3n2)cc1)C(=O)NCc1ccc(C)o1. The number of amides is 1. The molecular formula is C24H23N3O3. The second-order valence-corrected chi connectivity index (χ2v) is 7.01. The van der Waals surface area contributed by atoms with Crippen molar-refractivity contribution in [1.29, 1.82) is 0 Å². The summed E-state index contributed by atoms with van der Waals surface area (Å²) in [5.41, 5.74) is 3.44. The molecule has 0 spiro atoms. The lowest BCUT2D eigenvalue weighted by Crippen LogP contribution is -2.37. The zero-order valence-electron chi connectivity index (χ0n) is 17.0. The van der Waals surface area contributed by atoms with Gasteiger partial charge in [-0.1, -0.05) is 19.1 Å².